The van der Waals surface area contributed by atoms with Gasteiger partial charge in [-0.2, -0.15) is 8.42 Å². The van der Waals surface area contributed by atoms with Crippen LogP contribution in [0.4, 0.5) is 0 Å². The summed E-state index contributed by atoms with van der Waals surface area (Å²) in [7, 11) is -11.6. The van der Waals surface area contributed by atoms with Crippen LogP contribution in [0.5, 0.6) is 0 Å². The second kappa shape index (κ2) is 8.56. The van der Waals surface area contributed by atoms with Crippen LogP contribution in [0.3, 0.4) is 0 Å². The first-order valence-corrected chi connectivity index (χ1v) is 12.0. The van der Waals surface area contributed by atoms with Gasteiger partial charge in [0.15, 0.2) is 4.99 Å². The van der Waals surface area contributed by atoms with Gasteiger partial charge in [0.05, 0.1) is 16.0 Å². The molecule has 0 heterocycles. The molecule has 0 aliphatic heterocycles. The normalized spacial score (nSPS) is 16.0. The second-order valence-electron chi connectivity index (χ2n) is 5.65. The minimum Gasteiger partial charge on any atom is -0.323 e. The van der Waals surface area contributed by atoms with E-state index in [0.717, 1.165) is 0 Å². The van der Waals surface area contributed by atoms with Gasteiger partial charge in [-0.05, 0) is 30.5 Å². The lowest BCUT2D eigenvalue weighted by atomic mass is 10.1. The number of hydrogen-bond donors (Lipinski definition) is 3. The first kappa shape index (κ1) is 21.0. The predicted octanol–water partition coefficient (Wildman–Crippen LogP) is 2.71. The second-order valence-corrected chi connectivity index (χ2v) is 11.0. The van der Waals surface area contributed by atoms with Gasteiger partial charge in [-0.3, -0.25) is 13.3 Å². The molecule has 3 unspecified atom stereocenters. The van der Waals surface area contributed by atoms with Crippen LogP contribution in [0, 0.1) is 0 Å². The SMILES string of the molecule is O=S(c1ccccc1)C(CCC(P(=O)(O)O)S(=O)(=O)O)c1ccccc1. The van der Waals surface area contributed by atoms with Crippen molar-refractivity contribution >= 4 is 28.5 Å². The molecule has 26 heavy (non-hydrogen) atoms. The highest BCUT2D eigenvalue weighted by Crippen LogP contribution is 2.47. The third-order valence-electron chi connectivity index (χ3n) is 3.80. The first-order chi connectivity index (χ1) is 12.1. The molecule has 0 bridgehead atoms. The van der Waals surface area contributed by atoms with Crippen LogP contribution in [0.25, 0.3) is 0 Å². The molecule has 2 aromatic carbocycles. The first-order valence-electron chi connectivity index (χ1n) is 7.63. The monoisotopic (exact) mass is 418 g/mol. The van der Waals surface area contributed by atoms with E-state index in [9.17, 15) is 27.0 Å². The maximum absolute atomic E-state index is 13.0. The van der Waals surface area contributed by atoms with Crippen LogP contribution >= 0.6 is 7.60 Å². The molecule has 3 N–H and O–H groups in total. The quantitative estimate of drug-likeness (QED) is 0.444. The summed E-state index contributed by atoms with van der Waals surface area (Å²) >= 11 is 0. The fourth-order valence-corrected chi connectivity index (χ4v) is 6.38. The van der Waals surface area contributed by atoms with Crippen molar-refractivity contribution in [1.82, 2.24) is 0 Å². The largest absolute Gasteiger partial charge is 0.346 e. The van der Waals surface area contributed by atoms with Crippen LogP contribution in [-0.4, -0.2) is 32.0 Å². The van der Waals surface area contributed by atoms with Gasteiger partial charge < -0.3 is 9.79 Å². The van der Waals surface area contributed by atoms with Crippen LogP contribution in [0.15, 0.2) is 65.6 Å². The molecule has 0 aliphatic rings. The molecule has 0 fully saturated rings. The van der Waals surface area contributed by atoms with Gasteiger partial charge in [0.25, 0.3) is 10.1 Å². The third kappa shape index (κ3) is 5.57. The summed E-state index contributed by atoms with van der Waals surface area (Å²) < 4.78 is 56.3. The maximum atomic E-state index is 13.0. The molecular formula is C16H19O7PS2. The average Bonchev–Trinajstić information content (AvgIpc) is 2.57. The van der Waals surface area contributed by atoms with E-state index in [-0.39, 0.29) is 6.42 Å². The molecular weight excluding hydrogens is 399 g/mol. The lowest BCUT2D eigenvalue weighted by molar-refractivity contribution is 0.360. The summed E-state index contributed by atoms with van der Waals surface area (Å²) in [6.07, 6.45) is -0.623. The molecule has 0 aromatic heterocycles. The molecule has 2 aromatic rings. The van der Waals surface area contributed by atoms with Crippen molar-refractivity contribution in [3.05, 3.63) is 66.2 Å². The van der Waals surface area contributed by atoms with Crippen molar-refractivity contribution in [3.63, 3.8) is 0 Å². The van der Waals surface area contributed by atoms with E-state index in [1.807, 2.05) is 0 Å². The molecule has 0 radical (unpaired) electrons. The zero-order valence-corrected chi connectivity index (χ0v) is 16.1. The maximum Gasteiger partial charge on any atom is 0.346 e. The number of hydrogen-bond acceptors (Lipinski definition) is 4. The Morgan fingerprint density at radius 2 is 1.42 bits per heavy atom. The van der Waals surface area contributed by atoms with Gasteiger partial charge >= 0.3 is 7.60 Å². The lowest BCUT2D eigenvalue weighted by Gasteiger charge is -2.21. The van der Waals surface area contributed by atoms with Crippen LogP contribution in [-0.2, 0) is 25.5 Å². The van der Waals surface area contributed by atoms with Gasteiger partial charge in [0.1, 0.15) is 0 Å². The predicted molar refractivity (Wildman–Crippen MR) is 98.6 cm³/mol. The lowest BCUT2D eigenvalue weighted by Crippen LogP contribution is -2.22. The van der Waals surface area contributed by atoms with Crippen LogP contribution in [0.2, 0.25) is 0 Å². The van der Waals surface area contributed by atoms with E-state index in [2.05, 4.69) is 0 Å². The van der Waals surface area contributed by atoms with Crippen molar-refractivity contribution in [2.75, 3.05) is 0 Å². The number of rotatable bonds is 8. The molecule has 7 nitrogen and oxygen atoms in total. The van der Waals surface area contributed by atoms with Crippen molar-refractivity contribution in [2.24, 2.45) is 0 Å². The highest BCUT2D eigenvalue weighted by molar-refractivity contribution is 7.93. The Bertz CT molecular complexity index is 895. The molecule has 3 atom stereocenters. The Balaban J connectivity index is 2.34. The fourth-order valence-electron chi connectivity index (χ4n) is 2.57. The third-order valence-corrected chi connectivity index (χ3v) is 9.12. The van der Waals surface area contributed by atoms with Gasteiger partial charge in [-0.15, -0.1) is 0 Å². The summed E-state index contributed by atoms with van der Waals surface area (Å²) in [5, 5.41) is -0.686. The molecule has 0 spiro atoms. The van der Waals surface area contributed by atoms with E-state index in [1.165, 1.54) is 0 Å². The van der Waals surface area contributed by atoms with Crippen molar-refractivity contribution in [2.45, 2.75) is 28.0 Å². The van der Waals surface area contributed by atoms with E-state index >= 15 is 0 Å². The van der Waals surface area contributed by atoms with Gasteiger partial charge in [0.2, 0.25) is 0 Å². The molecule has 0 saturated heterocycles. The number of benzene rings is 2. The Labute approximate surface area is 154 Å². The minimum atomic E-state index is -5.08. The van der Waals surface area contributed by atoms with Crippen molar-refractivity contribution in [3.8, 4) is 0 Å². The summed E-state index contributed by atoms with van der Waals surface area (Å²) in [6.45, 7) is 0. The van der Waals surface area contributed by atoms with E-state index in [4.69, 9.17) is 4.55 Å². The van der Waals surface area contributed by atoms with Gasteiger partial charge in [-0.25, -0.2) is 0 Å². The van der Waals surface area contributed by atoms with Crippen LogP contribution in [0.1, 0.15) is 23.7 Å². The highest BCUT2D eigenvalue weighted by Gasteiger charge is 2.40. The van der Waals surface area contributed by atoms with E-state index < -0.39 is 45.2 Å². The Kier molecular flexibility index (Phi) is 6.90. The van der Waals surface area contributed by atoms with E-state index in [1.54, 1.807) is 60.7 Å². The molecule has 0 saturated carbocycles. The van der Waals surface area contributed by atoms with Gasteiger partial charge in [0, 0.05) is 4.90 Å². The highest BCUT2D eigenvalue weighted by atomic mass is 32.2. The molecule has 0 aliphatic carbocycles. The summed E-state index contributed by atoms with van der Waals surface area (Å²) in [6, 6.07) is 17.2. The summed E-state index contributed by atoms with van der Waals surface area (Å²) in [5.74, 6) is 0. The minimum absolute atomic E-state index is 0.0961. The van der Waals surface area contributed by atoms with Crippen LogP contribution < -0.4 is 0 Å². The molecule has 142 valence electrons. The topological polar surface area (TPSA) is 129 Å². The van der Waals surface area contributed by atoms with Crippen molar-refractivity contribution in [1.29, 1.82) is 0 Å². The zero-order valence-electron chi connectivity index (χ0n) is 13.6. The average molecular weight is 418 g/mol. The fraction of sp³-hybridized carbons (Fsp3) is 0.250. The molecule has 10 heteroatoms. The Morgan fingerprint density at radius 3 is 1.88 bits per heavy atom. The summed E-state index contributed by atoms with van der Waals surface area (Å²) in [5.41, 5.74) is 0.648. The Morgan fingerprint density at radius 1 is 0.923 bits per heavy atom. The summed E-state index contributed by atoms with van der Waals surface area (Å²) in [4.78, 5) is 16.8. The smallest absolute Gasteiger partial charge is 0.323 e. The standard InChI is InChI=1S/C16H19O7PS2/c17-24(18,19)16(26(21,22)23)12-11-15(13-7-3-1-4-8-13)25(20)14-9-5-2-6-10-14/h1-10,15-16H,11-12H2,(H2,17,18,19)(H,21,22,23). The van der Waals surface area contributed by atoms with E-state index in [0.29, 0.717) is 10.5 Å². The molecule has 0 amide bonds. The molecule has 2 rings (SSSR count). The van der Waals surface area contributed by atoms with Gasteiger partial charge in [-0.1, -0.05) is 48.5 Å². The van der Waals surface area contributed by atoms with Crippen molar-refractivity contribution < 1.29 is 31.5 Å². The zero-order chi connectivity index (χ0) is 19.4. The Hall–Kier alpha value is -1.35.